The van der Waals surface area contributed by atoms with Gasteiger partial charge in [0, 0.05) is 31.1 Å². The van der Waals surface area contributed by atoms with E-state index in [2.05, 4.69) is 5.32 Å². The Balaban J connectivity index is 2.25. The zero-order chi connectivity index (χ0) is 27.8. The lowest BCUT2D eigenvalue weighted by Crippen LogP contribution is -2.49. The first-order chi connectivity index (χ1) is 17.3. The highest BCUT2D eigenvalue weighted by molar-refractivity contribution is 7.92. The van der Waals surface area contributed by atoms with Crippen LogP contribution < -0.4 is 9.62 Å². The number of amides is 2. The fourth-order valence-corrected chi connectivity index (χ4v) is 5.33. The largest absolute Gasteiger partial charge is 0.354 e. The molecule has 0 aliphatic carbocycles. The van der Waals surface area contributed by atoms with Gasteiger partial charge in [-0.25, -0.2) is 8.42 Å². The third kappa shape index (κ3) is 9.04. The molecule has 0 unspecified atom stereocenters. The number of hydrogen-bond donors (Lipinski definition) is 1. The van der Waals surface area contributed by atoms with Crippen LogP contribution in [0.4, 0.5) is 5.69 Å². The third-order valence-corrected chi connectivity index (χ3v) is 7.70. The topological polar surface area (TPSA) is 86.8 Å². The number of rotatable bonds is 13. The third-order valence-electron chi connectivity index (χ3n) is 6.15. The normalized spacial score (nSPS) is 12.3. The number of anilines is 1. The smallest absolute Gasteiger partial charge is 0.242 e. The molecule has 1 atom stereocenters. The van der Waals surface area contributed by atoms with Crippen molar-refractivity contribution in [2.45, 2.75) is 66.5 Å². The number of carbonyl (C=O) groups excluding carboxylic acids is 2. The molecule has 2 amide bonds. The van der Waals surface area contributed by atoms with Crippen LogP contribution in [0.25, 0.3) is 0 Å². The molecule has 0 fully saturated rings. The summed E-state index contributed by atoms with van der Waals surface area (Å²) < 4.78 is 26.6. The summed E-state index contributed by atoms with van der Waals surface area (Å²) in [6.45, 7) is 10.5. The van der Waals surface area contributed by atoms with E-state index in [1.807, 2.05) is 71.0 Å². The molecule has 0 saturated carbocycles. The molecule has 0 aromatic heterocycles. The van der Waals surface area contributed by atoms with Gasteiger partial charge in [0.1, 0.15) is 6.04 Å². The fraction of sp³-hybridized carbons (Fsp3) is 0.500. The number of aryl methyl sites for hydroxylation is 2. The van der Waals surface area contributed by atoms with E-state index >= 15 is 0 Å². The predicted molar refractivity (Wildman–Crippen MR) is 151 cm³/mol. The van der Waals surface area contributed by atoms with Crippen molar-refractivity contribution in [1.29, 1.82) is 0 Å². The Hall–Kier alpha value is -2.58. The molecule has 0 radical (unpaired) electrons. The van der Waals surface area contributed by atoms with E-state index in [0.717, 1.165) is 16.7 Å². The number of benzene rings is 2. The van der Waals surface area contributed by atoms with E-state index < -0.39 is 16.1 Å². The Morgan fingerprint density at radius 1 is 1.08 bits per heavy atom. The molecular formula is C28H40ClN3O4S. The molecule has 0 heterocycles. The molecule has 0 aliphatic rings. The van der Waals surface area contributed by atoms with E-state index in [1.165, 1.54) is 10.6 Å². The summed E-state index contributed by atoms with van der Waals surface area (Å²) in [6, 6.07) is 12.3. The van der Waals surface area contributed by atoms with Gasteiger partial charge in [-0.3, -0.25) is 13.9 Å². The van der Waals surface area contributed by atoms with Gasteiger partial charge in [0.25, 0.3) is 0 Å². The Morgan fingerprint density at radius 2 is 1.76 bits per heavy atom. The van der Waals surface area contributed by atoms with E-state index in [-0.39, 0.29) is 37.2 Å². The van der Waals surface area contributed by atoms with Crippen molar-refractivity contribution in [1.82, 2.24) is 10.2 Å². The van der Waals surface area contributed by atoms with Gasteiger partial charge in [-0.15, -0.1) is 0 Å². The highest BCUT2D eigenvalue weighted by atomic mass is 35.5. The average Bonchev–Trinajstić information content (AvgIpc) is 2.82. The molecular weight excluding hydrogens is 510 g/mol. The molecule has 0 bridgehead atoms. The average molecular weight is 550 g/mol. The molecule has 1 N–H and O–H groups in total. The predicted octanol–water partition coefficient (Wildman–Crippen LogP) is 5.08. The van der Waals surface area contributed by atoms with Gasteiger partial charge >= 0.3 is 0 Å². The quantitative estimate of drug-likeness (QED) is 0.377. The van der Waals surface area contributed by atoms with Crippen LogP contribution in [0.3, 0.4) is 0 Å². The second-order valence-electron chi connectivity index (χ2n) is 9.90. The van der Waals surface area contributed by atoms with Gasteiger partial charge in [0.15, 0.2) is 0 Å². The zero-order valence-corrected chi connectivity index (χ0v) is 24.3. The Kier molecular flexibility index (Phi) is 11.4. The molecule has 2 aromatic carbocycles. The minimum atomic E-state index is -3.55. The summed E-state index contributed by atoms with van der Waals surface area (Å²) >= 11 is 6.38. The molecule has 0 spiro atoms. The maximum Gasteiger partial charge on any atom is 0.242 e. The Labute approximate surface area is 227 Å². The monoisotopic (exact) mass is 549 g/mol. The molecule has 0 saturated heterocycles. The van der Waals surface area contributed by atoms with Crippen LogP contribution >= 0.6 is 11.6 Å². The van der Waals surface area contributed by atoms with Gasteiger partial charge < -0.3 is 10.2 Å². The first-order valence-electron chi connectivity index (χ1n) is 12.7. The fourth-order valence-electron chi connectivity index (χ4n) is 4.12. The van der Waals surface area contributed by atoms with Crippen LogP contribution in [-0.4, -0.2) is 50.5 Å². The van der Waals surface area contributed by atoms with Crippen molar-refractivity contribution >= 4 is 39.1 Å². The van der Waals surface area contributed by atoms with Crippen molar-refractivity contribution in [2.24, 2.45) is 5.92 Å². The molecule has 0 aliphatic heterocycles. The molecule has 7 nitrogen and oxygen atoms in total. The van der Waals surface area contributed by atoms with Crippen molar-refractivity contribution in [3.63, 3.8) is 0 Å². The van der Waals surface area contributed by atoms with E-state index in [0.29, 0.717) is 30.1 Å². The summed E-state index contributed by atoms with van der Waals surface area (Å²) in [7, 11) is -3.55. The van der Waals surface area contributed by atoms with E-state index in [4.69, 9.17) is 11.6 Å². The zero-order valence-electron chi connectivity index (χ0n) is 22.8. The lowest BCUT2D eigenvalue weighted by molar-refractivity contribution is -0.141. The van der Waals surface area contributed by atoms with Gasteiger partial charge in [0.2, 0.25) is 21.8 Å². The summed E-state index contributed by atoms with van der Waals surface area (Å²) in [5.74, 6) is -0.146. The van der Waals surface area contributed by atoms with Gasteiger partial charge in [-0.2, -0.15) is 0 Å². The van der Waals surface area contributed by atoms with Gasteiger partial charge in [0.05, 0.1) is 11.9 Å². The van der Waals surface area contributed by atoms with Gasteiger partial charge in [-0.05, 0) is 61.4 Å². The van der Waals surface area contributed by atoms with Crippen LogP contribution in [0.15, 0.2) is 42.5 Å². The summed E-state index contributed by atoms with van der Waals surface area (Å²) in [4.78, 5) is 28.1. The first-order valence-corrected chi connectivity index (χ1v) is 14.9. The van der Waals surface area contributed by atoms with Crippen molar-refractivity contribution < 1.29 is 18.0 Å². The maximum atomic E-state index is 13.5. The van der Waals surface area contributed by atoms with E-state index in [9.17, 15) is 18.0 Å². The number of halogens is 1. The van der Waals surface area contributed by atoms with Crippen LogP contribution in [0, 0.1) is 19.8 Å². The summed E-state index contributed by atoms with van der Waals surface area (Å²) in [5.41, 5.74) is 3.16. The van der Waals surface area contributed by atoms with Crippen LogP contribution in [-0.2, 0) is 26.2 Å². The van der Waals surface area contributed by atoms with Crippen molar-refractivity contribution in [3.05, 3.63) is 64.2 Å². The number of hydrogen-bond acceptors (Lipinski definition) is 4. The molecule has 2 rings (SSSR count). The summed E-state index contributed by atoms with van der Waals surface area (Å²) in [5, 5.41) is 3.47. The lowest BCUT2D eigenvalue weighted by atomic mass is 10.1. The summed E-state index contributed by atoms with van der Waals surface area (Å²) in [6.07, 6.45) is 2.02. The number of nitrogens with zero attached hydrogens (tertiary/aromatic N) is 2. The minimum absolute atomic E-state index is 0.0926. The second-order valence-corrected chi connectivity index (χ2v) is 12.2. The lowest BCUT2D eigenvalue weighted by Gasteiger charge is -2.31. The van der Waals surface area contributed by atoms with Crippen molar-refractivity contribution in [3.8, 4) is 0 Å². The SMILES string of the molecule is CC[C@@H](C(=O)NCC(C)C)N(Cc1ccccc1Cl)C(=O)CCCN(c1cc(C)ccc1C)S(C)(=O)=O. The number of carbonyl (C=O) groups is 2. The number of nitrogens with one attached hydrogen (secondary N) is 1. The highest BCUT2D eigenvalue weighted by Gasteiger charge is 2.29. The second kappa shape index (κ2) is 13.8. The maximum absolute atomic E-state index is 13.5. The van der Waals surface area contributed by atoms with Crippen molar-refractivity contribution in [2.75, 3.05) is 23.7 Å². The number of sulfonamides is 1. The van der Waals surface area contributed by atoms with Gasteiger partial charge in [-0.1, -0.05) is 62.7 Å². The van der Waals surface area contributed by atoms with Crippen LogP contribution in [0.5, 0.6) is 0 Å². The first kappa shape index (κ1) is 30.6. The standard InChI is InChI=1S/C28H40ClN3O4S/c1-7-25(28(34)30-18-20(2)3)31(19-23-11-8-9-12-24(23)29)27(33)13-10-16-32(37(6,35)36)26-17-21(4)14-15-22(26)5/h8-9,11-12,14-15,17,20,25H,7,10,13,16,18-19H2,1-6H3,(H,30,34)/t25-/m0/s1. The minimum Gasteiger partial charge on any atom is -0.354 e. The molecule has 2 aromatic rings. The Bertz CT molecular complexity index is 1180. The van der Waals surface area contributed by atoms with E-state index in [1.54, 1.807) is 11.0 Å². The van der Waals surface area contributed by atoms with Crippen LogP contribution in [0.2, 0.25) is 5.02 Å². The molecule has 37 heavy (non-hydrogen) atoms. The molecule has 204 valence electrons. The Morgan fingerprint density at radius 3 is 2.35 bits per heavy atom. The highest BCUT2D eigenvalue weighted by Crippen LogP contribution is 2.25. The molecule has 9 heteroatoms. The van der Waals surface area contributed by atoms with Crippen LogP contribution in [0.1, 0.15) is 56.7 Å².